The molecule has 2 N–H and O–H groups in total. The predicted molar refractivity (Wildman–Crippen MR) is 65.2 cm³/mol. The van der Waals surface area contributed by atoms with Crippen LogP contribution in [0.5, 0.6) is 0 Å². The van der Waals surface area contributed by atoms with E-state index in [-0.39, 0.29) is 5.82 Å². The minimum atomic E-state index is -2.30. The Morgan fingerprint density at radius 2 is 1.55 bits per heavy atom. The van der Waals surface area contributed by atoms with Crippen molar-refractivity contribution < 1.29 is 31.5 Å². The number of rotatable bonds is 2. The number of halogens is 5. The minimum absolute atomic E-state index is 0.201. The van der Waals surface area contributed by atoms with E-state index in [9.17, 15) is 26.7 Å². The first-order valence-corrected chi connectivity index (χ1v) is 5.65. The van der Waals surface area contributed by atoms with E-state index in [0.29, 0.717) is 0 Å². The number of methoxy groups -OCH3 is 1. The lowest BCUT2D eigenvalue weighted by Gasteiger charge is -2.12. The zero-order chi connectivity index (χ0) is 16.6. The highest BCUT2D eigenvalue weighted by molar-refractivity contribution is 5.97. The first kappa shape index (κ1) is 15.7. The lowest BCUT2D eigenvalue weighted by atomic mass is 10.00. The number of anilines is 1. The Morgan fingerprint density at radius 1 is 1.05 bits per heavy atom. The fourth-order valence-electron chi connectivity index (χ4n) is 1.79. The number of esters is 1. The molecule has 0 amide bonds. The lowest BCUT2D eigenvalue weighted by molar-refractivity contribution is 0.0601. The summed E-state index contributed by atoms with van der Waals surface area (Å²) in [7, 11) is 0.973. The quantitative estimate of drug-likeness (QED) is 0.400. The van der Waals surface area contributed by atoms with Crippen LogP contribution in [0, 0.1) is 29.1 Å². The third kappa shape index (κ3) is 2.34. The molecule has 1 heterocycles. The van der Waals surface area contributed by atoms with E-state index in [4.69, 9.17) is 5.73 Å². The Labute approximate surface area is 120 Å². The van der Waals surface area contributed by atoms with Crippen LogP contribution in [0.1, 0.15) is 10.4 Å². The summed E-state index contributed by atoms with van der Waals surface area (Å²) >= 11 is 0. The Bertz CT molecular complexity index is 751. The summed E-state index contributed by atoms with van der Waals surface area (Å²) in [5, 5.41) is 0. The van der Waals surface area contributed by atoms with E-state index in [1.165, 1.54) is 0 Å². The van der Waals surface area contributed by atoms with E-state index >= 15 is 0 Å². The fourth-order valence-corrected chi connectivity index (χ4v) is 1.79. The molecule has 0 unspecified atom stereocenters. The predicted octanol–water partition coefficient (Wildman–Crippen LogP) is 2.81. The molecule has 0 saturated carbocycles. The van der Waals surface area contributed by atoms with E-state index in [0.717, 1.165) is 19.4 Å². The molecule has 116 valence electrons. The van der Waals surface area contributed by atoms with Gasteiger partial charge in [0.05, 0.1) is 18.2 Å². The molecule has 1 aromatic carbocycles. The third-order valence-corrected chi connectivity index (χ3v) is 2.81. The normalized spacial score (nSPS) is 10.6. The van der Waals surface area contributed by atoms with Gasteiger partial charge in [0, 0.05) is 11.8 Å². The van der Waals surface area contributed by atoms with Crippen LogP contribution in [0.2, 0.25) is 0 Å². The van der Waals surface area contributed by atoms with Gasteiger partial charge in [-0.2, -0.15) is 0 Å². The summed E-state index contributed by atoms with van der Waals surface area (Å²) in [5.74, 6) is -12.0. The number of nitrogens with two attached hydrogens (primary N) is 1. The molecule has 0 aliphatic heterocycles. The van der Waals surface area contributed by atoms with Crippen molar-refractivity contribution in [3.63, 3.8) is 0 Å². The van der Waals surface area contributed by atoms with Gasteiger partial charge in [0.1, 0.15) is 5.82 Å². The van der Waals surface area contributed by atoms with Crippen molar-refractivity contribution >= 4 is 11.8 Å². The van der Waals surface area contributed by atoms with Crippen LogP contribution in [0.4, 0.5) is 27.8 Å². The summed E-state index contributed by atoms with van der Waals surface area (Å²) in [4.78, 5) is 15.1. The van der Waals surface area contributed by atoms with Gasteiger partial charge in [-0.3, -0.25) is 0 Å². The fraction of sp³-hybridized carbons (Fsp3) is 0.0769. The highest BCUT2D eigenvalue weighted by atomic mass is 19.2. The second-order valence-corrected chi connectivity index (χ2v) is 4.09. The topological polar surface area (TPSA) is 65.2 Å². The van der Waals surface area contributed by atoms with Crippen LogP contribution < -0.4 is 5.73 Å². The summed E-state index contributed by atoms with van der Waals surface area (Å²) in [5.41, 5.74) is 2.94. The number of nitrogens with zero attached hydrogens (tertiary/aromatic N) is 1. The van der Waals surface area contributed by atoms with Crippen molar-refractivity contribution in [3.8, 4) is 11.1 Å². The Hall–Kier alpha value is -2.71. The minimum Gasteiger partial charge on any atom is -0.465 e. The molecule has 4 nitrogen and oxygen atoms in total. The summed E-state index contributed by atoms with van der Waals surface area (Å²) < 4.78 is 71.6. The van der Waals surface area contributed by atoms with Crippen LogP contribution >= 0.6 is 0 Å². The largest absolute Gasteiger partial charge is 0.465 e. The molecular formula is C13H7F5N2O2. The molecule has 22 heavy (non-hydrogen) atoms. The van der Waals surface area contributed by atoms with Crippen LogP contribution in [-0.4, -0.2) is 18.1 Å². The highest BCUT2D eigenvalue weighted by Crippen LogP contribution is 2.33. The van der Waals surface area contributed by atoms with Gasteiger partial charge >= 0.3 is 5.97 Å². The van der Waals surface area contributed by atoms with Crippen LogP contribution in [0.15, 0.2) is 12.3 Å². The highest BCUT2D eigenvalue weighted by Gasteiger charge is 2.29. The molecule has 2 aromatic rings. The van der Waals surface area contributed by atoms with Gasteiger partial charge in [-0.1, -0.05) is 0 Å². The van der Waals surface area contributed by atoms with E-state index < -0.39 is 51.7 Å². The van der Waals surface area contributed by atoms with Crippen molar-refractivity contribution in [3.05, 3.63) is 46.9 Å². The van der Waals surface area contributed by atoms with Crippen molar-refractivity contribution in [1.82, 2.24) is 4.98 Å². The van der Waals surface area contributed by atoms with Crippen molar-refractivity contribution in [2.45, 2.75) is 0 Å². The number of carbonyl (C=O) groups is 1. The SMILES string of the molecule is COC(=O)c1cc(N)ncc1-c1c(F)c(F)c(F)c(F)c1F. The molecule has 0 saturated heterocycles. The Balaban J connectivity index is 2.86. The average Bonchev–Trinajstić information content (AvgIpc) is 2.51. The summed E-state index contributed by atoms with van der Waals surface area (Å²) in [6, 6.07) is 0.902. The standard InChI is InChI=1S/C13H7F5N2O2/c1-22-13(21)4-2-6(19)20-3-5(4)7-8(14)10(16)12(18)11(17)9(7)15/h2-3H,1H3,(H2,19,20). The molecule has 2 rings (SSSR count). The molecule has 0 aliphatic carbocycles. The molecule has 0 atom stereocenters. The average molecular weight is 318 g/mol. The number of hydrogen-bond acceptors (Lipinski definition) is 4. The number of benzene rings is 1. The van der Waals surface area contributed by atoms with E-state index in [1.54, 1.807) is 0 Å². The maximum Gasteiger partial charge on any atom is 0.338 e. The molecule has 0 aliphatic rings. The van der Waals surface area contributed by atoms with E-state index in [2.05, 4.69) is 9.72 Å². The van der Waals surface area contributed by atoms with Crippen molar-refractivity contribution in [2.75, 3.05) is 12.8 Å². The summed E-state index contributed by atoms with van der Waals surface area (Å²) in [6.45, 7) is 0. The van der Waals surface area contributed by atoms with Gasteiger partial charge < -0.3 is 10.5 Å². The number of hydrogen-bond donors (Lipinski definition) is 1. The molecule has 0 fully saturated rings. The second kappa shape index (κ2) is 5.58. The number of ether oxygens (including phenoxy) is 1. The molecule has 9 heteroatoms. The number of pyridine rings is 1. The third-order valence-electron chi connectivity index (χ3n) is 2.81. The molecule has 0 radical (unpaired) electrons. The van der Waals surface area contributed by atoms with Crippen LogP contribution in [0.25, 0.3) is 11.1 Å². The first-order valence-electron chi connectivity index (χ1n) is 5.65. The van der Waals surface area contributed by atoms with Crippen molar-refractivity contribution in [1.29, 1.82) is 0 Å². The second-order valence-electron chi connectivity index (χ2n) is 4.09. The maximum atomic E-state index is 13.8. The molecule has 0 spiro atoms. The first-order chi connectivity index (χ1) is 10.3. The lowest BCUT2D eigenvalue weighted by Crippen LogP contribution is -2.10. The van der Waals surface area contributed by atoms with Gasteiger partial charge in [-0.25, -0.2) is 31.7 Å². The smallest absolute Gasteiger partial charge is 0.338 e. The Morgan fingerprint density at radius 3 is 2.05 bits per heavy atom. The monoisotopic (exact) mass is 318 g/mol. The molecule has 1 aromatic heterocycles. The Kier molecular flexibility index (Phi) is 3.98. The van der Waals surface area contributed by atoms with Gasteiger partial charge in [0.2, 0.25) is 5.82 Å². The maximum absolute atomic E-state index is 13.8. The van der Waals surface area contributed by atoms with Crippen molar-refractivity contribution in [2.24, 2.45) is 0 Å². The number of aromatic nitrogens is 1. The zero-order valence-corrected chi connectivity index (χ0v) is 10.9. The van der Waals surface area contributed by atoms with Crippen LogP contribution in [-0.2, 0) is 4.74 Å². The van der Waals surface area contributed by atoms with Gasteiger partial charge in [-0.15, -0.1) is 0 Å². The number of nitrogen functional groups attached to an aromatic ring is 1. The number of carbonyl (C=O) groups excluding carboxylic acids is 1. The van der Waals surface area contributed by atoms with Gasteiger partial charge in [-0.05, 0) is 6.07 Å². The van der Waals surface area contributed by atoms with Crippen LogP contribution in [0.3, 0.4) is 0 Å². The zero-order valence-electron chi connectivity index (χ0n) is 10.9. The molecule has 0 bridgehead atoms. The summed E-state index contributed by atoms with van der Waals surface area (Å²) in [6.07, 6.45) is 0.722. The van der Waals surface area contributed by atoms with Gasteiger partial charge in [0.25, 0.3) is 0 Å². The van der Waals surface area contributed by atoms with Gasteiger partial charge in [0.15, 0.2) is 23.3 Å². The van der Waals surface area contributed by atoms with E-state index in [1.807, 2.05) is 0 Å². The molecular weight excluding hydrogens is 311 g/mol.